The first-order valence-electron chi connectivity index (χ1n) is 22.0. The lowest BCUT2D eigenvalue weighted by atomic mass is 9.73. The number of hydrogen-bond acceptors (Lipinski definition) is 6. The number of aromatic nitrogens is 2. The zero-order chi connectivity index (χ0) is 43.5. The quantitative estimate of drug-likeness (QED) is 0.152. The maximum absolute atomic E-state index is 5.02. The van der Waals surface area contributed by atoms with Crippen molar-refractivity contribution in [1.29, 1.82) is 0 Å². The van der Waals surface area contributed by atoms with E-state index < -0.39 is 0 Å². The van der Waals surface area contributed by atoms with Gasteiger partial charge in [0.1, 0.15) is 10.0 Å². The molecule has 0 saturated carbocycles. The Labute approximate surface area is 387 Å². The maximum atomic E-state index is 5.02. The molecule has 0 spiro atoms. The van der Waals surface area contributed by atoms with E-state index >= 15 is 0 Å². The molecule has 65 heavy (non-hydrogen) atoms. The highest BCUT2D eigenvalue weighted by atomic mass is 32.1. The van der Waals surface area contributed by atoms with Crippen LogP contribution < -0.4 is 9.80 Å². The first-order chi connectivity index (χ1) is 31.9. The summed E-state index contributed by atoms with van der Waals surface area (Å²) in [7, 11) is 0. The van der Waals surface area contributed by atoms with Crippen LogP contribution in [0.3, 0.4) is 0 Å². The van der Waals surface area contributed by atoms with Gasteiger partial charge in [-0.15, -0.1) is 22.7 Å². The molecule has 0 amide bonds. The Morgan fingerprint density at radius 2 is 0.815 bits per heavy atom. The Morgan fingerprint density at radius 1 is 0.385 bits per heavy atom. The second kappa shape index (κ2) is 15.9. The van der Waals surface area contributed by atoms with Gasteiger partial charge in [-0.3, -0.25) is 0 Å². The number of nitrogens with zero attached hydrogens (tertiary/aromatic N) is 4. The summed E-state index contributed by atoms with van der Waals surface area (Å²) >= 11 is 3.48. The summed E-state index contributed by atoms with van der Waals surface area (Å²) in [4.78, 5) is 14.7. The van der Waals surface area contributed by atoms with Crippen molar-refractivity contribution in [2.45, 2.75) is 19.3 Å². The first kappa shape index (κ1) is 39.0. The molecule has 0 bridgehead atoms. The van der Waals surface area contributed by atoms with Gasteiger partial charge in [0.25, 0.3) is 0 Å². The predicted octanol–water partition coefficient (Wildman–Crippen LogP) is 17.2. The van der Waals surface area contributed by atoms with Gasteiger partial charge >= 0.3 is 0 Å². The zero-order valence-corrected chi connectivity index (χ0v) is 37.5. The minimum absolute atomic E-state index is 0.201. The van der Waals surface area contributed by atoms with Crippen LogP contribution in [0.2, 0.25) is 0 Å². The summed E-state index contributed by atoms with van der Waals surface area (Å²) in [5.74, 6) is 0. The highest BCUT2D eigenvalue weighted by molar-refractivity contribution is 7.22. The molecule has 0 N–H and O–H groups in total. The largest absolute Gasteiger partial charge is 0.311 e. The van der Waals surface area contributed by atoms with Crippen molar-refractivity contribution in [2.24, 2.45) is 0 Å². The second-order valence-electron chi connectivity index (χ2n) is 17.1. The monoisotopic (exact) mass is 870 g/mol. The number of thiazole rings is 2. The molecule has 11 aromatic rings. The van der Waals surface area contributed by atoms with Crippen molar-refractivity contribution >= 4 is 77.2 Å². The number of benzene rings is 9. The minimum Gasteiger partial charge on any atom is -0.311 e. The molecule has 0 fully saturated rings. The molecule has 4 nitrogen and oxygen atoms in total. The zero-order valence-electron chi connectivity index (χ0n) is 35.9. The summed E-state index contributed by atoms with van der Waals surface area (Å²) < 4.78 is 2.40. The average molecular weight is 871 g/mol. The van der Waals surface area contributed by atoms with Crippen LogP contribution in [0, 0.1) is 0 Å². The topological polar surface area (TPSA) is 32.3 Å². The molecule has 3 heterocycles. The Balaban J connectivity index is 0.870. The van der Waals surface area contributed by atoms with Gasteiger partial charge in [0.15, 0.2) is 0 Å². The van der Waals surface area contributed by atoms with Crippen molar-refractivity contribution in [3.05, 3.63) is 230 Å². The molecule has 6 heteroatoms. The molecular formula is C59H42N4S2. The summed E-state index contributed by atoms with van der Waals surface area (Å²) in [6.07, 6.45) is 0. The lowest BCUT2D eigenvalue weighted by molar-refractivity contribution is 0.632. The van der Waals surface area contributed by atoms with E-state index in [4.69, 9.17) is 9.97 Å². The smallest absolute Gasteiger partial charge is 0.124 e. The van der Waals surface area contributed by atoms with E-state index in [1.807, 2.05) is 6.07 Å². The number of fused-ring (bicyclic) bond motifs is 4. The summed E-state index contributed by atoms with van der Waals surface area (Å²) in [6.45, 7) is 4.69. The third-order valence-corrected chi connectivity index (χ3v) is 14.9. The number of hydrogen-bond donors (Lipinski definition) is 0. The fourth-order valence-corrected chi connectivity index (χ4v) is 11.3. The first-order valence-corrected chi connectivity index (χ1v) is 23.6. The standard InChI is InChI=1S/C59H42N4S2/c1-59(2)49-14-6-9-17-53(49)63(54-37-28-44(38-50(54)59)58-61-52-16-8-11-19-56(52)65-58)48-33-24-42(25-34-48)41-22-31-46(32-23-41)62(45-29-20-40(21-30-45)39-12-4-3-5-13-39)47-35-26-43(27-36-47)57-60-51-15-7-10-18-55(51)64-57/h3-38H,1-2H3. The fraction of sp³-hybridized carbons (Fsp3) is 0.0508. The molecule has 310 valence electrons. The van der Waals surface area contributed by atoms with Gasteiger partial charge < -0.3 is 9.80 Å². The van der Waals surface area contributed by atoms with Crippen LogP contribution in [-0.4, -0.2) is 9.97 Å². The molecule has 0 unspecified atom stereocenters. The van der Waals surface area contributed by atoms with E-state index in [0.717, 1.165) is 66.1 Å². The van der Waals surface area contributed by atoms with Gasteiger partial charge in [-0.25, -0.2) is 9.97 Å². The van der Waals surface area contributed by atoms with Gasteiger partial charge in [0, 0.05) is 39.3 Å². The minimum atomic E-state index is -0.201. The third kappa shape index (κ3) is 6.99. The van der Waals surface area contributed by atoms with E-state index in [-0.39, 0.29) is 5.41 Å². The Morgan fingerprint density at radius 3 is 1.38 bits per heavy atom. The van der Waals surface area contributed by atoms with Crippen molar-refractivity contribution in [3.63, 3.8) is 0 Å². The number of anilines is 6. The Bertz CT molecular complexity index is 3430. The Hall–Kier alpha value is -7.64. The third-order valence-electron chi connectivity index (χ3n) is 12.8. The van der Waals surface area contributed by atoms with Gasteiger partial charge in [-0.05, 0) is 143 Å². The second-order valence-corrected chi connectivity index (χ2v) is 19.1. The van der Waals surface area contributed by atoms with Crippen LogP contribution in [0.25, 0.3) is 63.8 Å². The Kier molecular flexibility index (Phi) is 9.51. The van der Waals surface area contributed by atoms with Crippen molar-refractivity contribution < 1.29 is 0 Å². The molecular weight excluding hydrogens is 829 g/mol. The van der Waals surface area contributed by atoms with E-state index in [9.17, 15) is 0 Å². The highest BCUT2D eigenvalue weighted by Crippen LogP contribution is 2.53. The number of rotatable bonds is 8. The van der Waals surface area contributed by atoms with Gasteiger partial charge in [0.05, 0.1) is 31.8 Å². The highest BCUT2D eigenvalue weighted by Gasteiger charge is 2.37. The lowest BCUT2D eigenvalue weighted by Crippen LogP contribution is -2.30. The molecule has 1 aliphatic heterocycles. The summed E-state index contributed by atoms with van der Waals surface area (Å²) in [5, 5.41) is 2.08. The van der Waals surface area contributed by atoms with Crippen molar-refractivity contribution in [1.82, 2.24) is 9.97 Å². The molecule has 0 radical (unpaired) electrons. The molecule has 0 saturated heterocycles. The molecule has 2 aromatic heterocycles. The van der Waals surface area contributed by atoms with Crippen LogP contribution in [0.1, 0.15) is 25.0 Å². The molecule has 1 aliphatic rings. The van der Waals surface area contributed by atoms with Crippen LogP contribution in [0.5, 0.6) is 0 Å². The maximum Gasteiger partial charge on any atom is 0.124 e. The van der Waals surface area contributed by atoms with E-state index in [0.29, 0.717) is 0 Å². The SMILES string of the molecule is CC1(C)c2ccccc2N(c2ccc(-c3ccc(N(c4ccc(-c5ccccc5)cc4)c4ccc(-c5nc6ccccc6s5)cc4)cc3)cc2)c2ccc(-c3nc4ccccc4s3)cc21. The molecule has 0 aliphatic carbocycles. The lowest BCUT2D eigenvalue weighted by Gasteiger charge is -2.42. The van der Waals surface area contributed by atoms with Gasteiger partial charge in [0.2, 0.25) is 0 Å². The van der Waals surface area contributed by atoms with Crippen molar-refractivity contribution in [2.75, 3.05) is 9.80 Å². The van der Waals surface area contributed by atoms with Crippen LogP contribution in [0.15, 0.2) is 218 Å². The summed E-state index contributed by atoms with van der Waals surface area (Å²) in [5.41, 5.74) is 18.2. The van der Waals surface area contributed by atoms with Gasteiger partial charge in [-0.1, -0.05) is 123 Å². The summed E-state index contributed by atoms with van der Waals surface area (Å²) in [6, 6.07) is 78.7. The van der Waals surface area contributed by atoms with E-state index in [1.54, 1.807) is 22.7 Å². The van der Waals surface area contributed by atoms with Gasteiger partial charge in [-0.2, -0.15) is 0 Å². The average Bonchev–Trinajstić information content (AvgIpc) is 4.01. The van der Waals surface area contributed by atoms with E-state index in [2.05, 4.69) is 236 Å². The fourth-order valence-electron chi connectivity index (χ4n) is 9.35. The van der Waals surface area contributed by atoms with Crippen LogP contribution in [0.4, 0.5) is 34.1 Å². The molecule has 12 rings (SSSR count). The number of para-hydroxylation sites is 3. The van der Waals surface area contributed by atoms with Crippen molar-refractivity contribution in [3.8, 4) is 43.4 Å². The molecule has 0 atom stereocenters. The van der Waals surface area contributed by atoms with Crippen LogP contribution >= 0.6 is 22.7 Å². The normalized spacial score (nSPS) is 12.9. The van der Waals surface area contributed by atoms with E-state index in [1.165, 1.54) is 43.0 Å². The molecule has 9 aromatic carbocycles. The van der Waals surface area contributed by atoms with Crippen LogP contribution in [-0.2, 0) is 5.41 Å². The predicted molar refractivity (Wildman–Crippen MR) is 276 cm³/mol.